The van der Waals surface area contributed by atoms with Gasteiger partial charge in [0.1, 0.15) is 0 Å². The smallest absolute Gasteiger partial charge is 0.309 e. The van der Waals surface area contributed by atoms with E-state index < -0.39 is 15.7 Å². The molecule has 0 unspecified atom stereocenters. The molecule has 4 rings (SSSR count). The lowest BCUT2D eigenvalue weighted by molar-refractivity contribution is -0.147. The Labute approximate surface area is 219 Å². The standard InChI is InChI=1S/C21H16Cl5N5O3/c22-15-6-5-14(7-16(15)23)31-20(21(24,25)26)28-17(29-31)18(32)27-13-3-1-11(2-4-13)8-30-9-12(10-30)19(33)34/h1-7,12H,8-10H2,(H,27,32)(H,33,34). The van der Waals surface area contributed by atoms with Crippen LogP contribution in [0.25, 0.3) is 5.69 Å². The third kappa shape index (κ3) is 5.59. The fourth-order valence-electron chi connectivity index (χ4n) is 3.38. The Morgan fingerprint density at radius 3 is 2.32 bits per heavy atom. The maximum absolute atomic E-state index is 12.8. The lowest BCUT2D eigenvalue weighted by Crippen LogP contribution is -2.49. The molecule has 0 spiro atoms. The number of halogens is 5. The molecule has 1 aliphatic heterocycles. The number of carboxylic acid groups (broad SMARTS) is 1. The number of amides is 1. The lowest BCUT2D eigenvalue weighted by atomic mass is 9.99. The molecule has 8 nitrogen and oxygen atoms in total. The Morgan fingerprint density at radius 2 is 1.74 bits per heavy atom. The van der Waals surface area contributed by atoms with E-state index in [0.717, 1.165) is 5.56 Å². The molecule has 0 atom stereocenters. The van der Waals surface area contributed by atoms with Crippen LogP contribution in [0.3, 0.4) is 0 Å². The number of likely N-dealkylation sites (tertiary alicyclic amines) is 1. The zero-order valence-electron chi connectivity index (χ0n) is 17.2. The molecule has 2 aromatic carbocycles. The first-order valence-electron chi connectivity index (χ1n) is 9.86. The van der Waals surface area contributed by atoms with E-state index in [1.54, 1.807) is 24.3 Å². The number of rotatable bonds is 6. The number of aliphatic carboxylic acids is 1. The van der Waals surface area contributed by atoms with Crippen LogP contribution in [-0.4, -0.2) is 49.7 Å². The minimum atomic E-state index is -1.96. The van der Waals surface area contributed by atoms with Crippen LogP contribution in [-0.2, 0) is 15.1 Å². The molecule has 0 radical (unpaired) electrons. The number of nitrogens with zero attached hydrogens (tertiary/aromatic N) is 4. The van der Waals surface area contributed by atoms with Gasteiger partial charge < -0.3 is 10.4 Å². The van der Waals surface area contributed by atoms with Gasteiger partial charge in [0.25, 0.3) is 5.91 Å². The fraction of sp³-hybridized carbons (Fsp3) is 0.238. The summed E-state index contributed by atoms with van der Waals surface area (Å²) in [5.74, 6) is -1.99. The fourth-order valence-corrected chi connectivity index (χ4v) is 4.04. The second-order valence-electron chi connectivity index (χ2n) is 7.65. The summed E-state index contributed by atoms with van der Waals surface area (Å²) in [5.41, 5.74) is 1.91. The summed E-state index contributed by atoms with van der Waals surface area (Å²) < 4.78 is -0.750. The van der Waals surface area contributed by atoms with E-state index in [0.29, 0.717) is 36.0 Å². The predicted molar refractivity (Wildman–Crippen MR) is 131 cm³/mol. The molecule has 3 aromatic rings. The largest absolute Gasteiger partial charge is 0.481 e. The van der Waals surface area contributed by atoms with Gasteiger partial charge in [-0.15, -0.1) is 5.10 Å². The second kappa shape index (κ2) is 9.89. The molecule has 1 aliphatic rings. The maximum Gasteiger partial charge on any atom is 0.309 e. The molecule has 13 heteroatoms. The molecular weight excluding hydrogens is 548 g/mol. The van der Waals surface area contributed by atoms with Gasteiger partial charge in [-0.05, 0) is 35.9 Å². The van der Waals surface area contributed by atoms with Crippen molar-refractivity contribution in [3.8, 4) is 5.69 Å². The van der Waals surface area contributed by atoms with Crippen molar-refractivity contribution in [3.63, 3.8) is 0 Å². The van der Waals surface area contributed by atoms with Gasteiger partial charge in [0, 0.05) is 25.3 Å². The van der Waals surface area contributed by atoms with Gasteiger partial charge in [-0.2, -0.15) is 0 Å². The molecule has 1 fully saturated rings. The van der Waals surface area contributed by atoms with Crippen LogP contribution in [0.4, 0.5) is 5.69 Å². The summed E-state index contributed by atoms with van der Waals surface area (Å²) in [6.07, 6.45) is 0. The van der Waals surface area contributed by atoms with Crippen LogP contribution in [0.15, 0.2) is 42.5 Å². The van der Waals surface area contributed by atoms with E-state index in [1.807, 2.05) is 17.0 Å². The average molecular weight is 564 g/mol. The normalized spacial score (nSPS) is 14.6. The van der Waals surface area contributed by atoms with Crippen molar-refractivity contribution in [1.29, 1.82) is 0 Å². The number of nitrogens with one attached hydrogen (secondary N) is 1. The quantitative estimate of drug-likeness (QED) is 0.402. The number of benzene rings is 2. The Morgan fingerprint density at radius 1 is 1.06 bits per heavy atom. The number of carbonyl (C=O) groups is 2. The minimum absolute atomic E-state index is 0.0920. The van der Waals surface area contributed by atoms with Crippen LogP contribution in [0.2, 0.25) is 10.0 Å². The Kier molecular flexibility index (Phi) is 7.28. The Bertz CT molecular complexity index is 1240. The third-order valence-corrected chi connectivity index (χ3v) is 6.38. The van der Waals surface area contributed by atoms with Crippen molar-refractivity contribution in [2.24, 2.45) is 5.92 Å². The van der Waals surface area contributed by atoms with Gasteiger partial charge in [-0.25, -0.2) is 9.67 Å². The summed E-state index contributed by atoms with van der Waals surface area (Å²) in [4.78, 5) is 29.9. The SMILES string of the molecule is O=C(Nc1ccc(CN2CC(C(=O)O)C2)cc1)c1nc(C(Cl)(Cl)Cl)n(-c2ccc(Cl)c(Cl)c2)n1. The molecule has 1 amide bonds. The van der Waals surface area contributed by atoms with E-state index in [9.17, 15) is 9.59 Å². The van der Waals surface area contributed by atoms with Crippen LogP contribution >= 0.6 is 58.0 Å². The average Bonchev–Trinajstić information content (AvgIpc) is 3.19. The maximum atomic E-state index is 12.8. The van der Waals surface area contributed by atoms with Crippen LogP contribution < -0.4 is 5.32 Å². The number of aromatic nitrogens is 3. The topological polar surface area (TPSA) is 100 Å². The van der Waals surface area contributed by atoms with Gasteiger partial charge in [-0.3, -0.25) is 14.5 Å². The first kappa shape index (κ1) is 25.0. The van der Waals surface area contributed by atoms with Gasteiger partial charge >= 0.3 is 5.97 Å². The molecule has 0 saturated carbocycles. The molecule has 0 aliphatic carbocycles. The minimum Gasteiger partial charge on any atom is -0.481 e. The van der Waals surface area contributed by atoms with Gasteiger partial charge in [0.05, 0.1) is 21.7 Å². The number of hydrogen-bond donors (Lipinski definition) is 2. The highest BCUT2D eigenvalue weighted by Crippen LogP contribution is 2.38. The molecule has 0 bridgehead atoms. The highest BCUT2D eigenvalue weighted by atomic mass is 35.6. The highest BCUT2D eigenvalue weighted by Gasteiger charge is 2.33. The predicted octanol–water partition coefficient (Wildman–Crippen LogP) is 5.17. The summed E-state index contributed by atoms with van der Waals surface area (Å²) in [5, 5.41) is 16.5. The summed E-state index contributed by atoms with van der Waals surface area (Å²) >= 11 is 30.2. The molecule has 178 valence electrons. The van der Waals surface area contributed by atoms with E-state index in [1.165, 1.54) is 10.7 Å². The first-order valence-corrected chi connectivity index (χ1v) is 11.8. The number of carbonyl (C=O) groups excluding carboxylic acids is 1. The lowest BCUT2D eigenvalue weighted by Gasteiger charge is -2.36. The molecule has 2 N–H and O–H groups in total. The van der Waals surface area contributed by atoms with Crippen LogP contribution in [0, 0.1) is 5.92 Å². The molecule has 1 saturated heterocycles. The van der Waals surface area contributed by atoms with Crippen molar-refractivity contribution in [2.75, 3.05) is 18.4 Å². The van der Waals surface area contributed by atoms with Crippen molar-refractivity contribution < 1.29 is 14.7 Å². The van der Waals surface area contributed by atoms with Gasteiger partial charge in [-0.1, -0.05) is 70.1 Å². The molecule has 1 aromatic heterocycles. The van der Waals surface area contributed by atoms with Crippen molar-refractivity contribution in [3.05, 3.63) is 69.7 Å². The number of alkyl halides is 3. The Hall–Kier alpha value is -2.07. The molecule has 34 heavy (non-hydrogen) atoms. The zero-order valence-corrected chi connectivity index (χ0v) is 21.0. The van der Waals surface area contributed by atoms with E-state index >= 15 is 0 Å². The van der Waals surface area contributed by atoms with Gasteiger partial charge in [0.15, 0.2) is 5.82 Å². The van der Waals surface area contributed by atoms with E-state index in [-0.39, 0.29) is 22.6 Å². The molecule has 2 heterocycles. The molecular formula is C21H16Cl5N5O3. The highest BCUT2D eigenvalue weighted by molar-refractivity contribution is 6.66. The van der Waals surface area contributed by atoms with Crippen molar-refractivity contribution in [1.82, 2.24) is 19.7 Å². The monoisotopic (exact) mass is 561 g/mol. The third-order valence-electron chi connectivity index (χ3n) is 5.14. The summed E-state index contributed by atoms with van der Waals surface area (Å²) in [7, 11) is 0. The van der Waals surface area contributed by atoms with E-state index in [4.69, 9.17) is 63.1 Å². The van der Waals surface area contributed by atoms with Crippen molar-refractivity contribution in [2.45, 2.75) is 10.3 Å². The summed E-state index contributed by atoms with van der Waals surface area (Å²) in [6.45, 7) is 1.67. The van der Waals surface area contributed by atoms with Gasteiger partial charge in [0.2, 0.25) is 9.62 Å². The van der Waals surface area contributed by atoms with Crippen LogP contribution in [0.5, 0.6) is 0 Å². The van der Waals surface area contributed by atoms with Crippen molar-refractivity contribution >= 4 is 75.6 Å². The van der Waals surface area contributed by atoms with Crippen LogP contribution in [0.1, 0.15) is 22.0 Å². The number of carboxylic acids is 1. The zero-order chi connectivity index (χ0) is 24.6. The first-order chi connectivity index (χ1) is 16.0. The second-order valence-corrected chi connectivity index (χ2v) is 10.7. The summed E-state index contributed by atoms with van der Waals surface area (Å²) in [6, 6.07) is 11.8. The van der Waals surface area contributed by atoms with E-state index in [2.05, 4.69) is 15.4 Å². The Balaban J connectivity index is 1.48. The number of anilines is 1. The number of hydrogen-bond acceptors (Lipinski definition) is 5.